The topological polar surface area (TPSA) is 123 Å². The fraction of sp³-hybridized carbons (Fsp3) is 0.217. The number of benzene rings is 2. The van der Waals surface area contributed by atoms with Crippen molar-refractivity contribution in [2.75, 3.05) is 7.11 Å². The van der Waals surface area contributed by atoms with Gasteiger partial charge < -0.3 is 10.1 Å². The van der Waals surface area contributed by atoms with Gasteiger partial charge in [0.25, 0.3) is 10.0 Å². The van der Waals surface area contributed by atoms with Crippen molar-refractivity contribution in [1.82, 2.24) is 24.6 Å². The van der Waals surface area contributed by atoms with Crippen LogP contribution in [0.2, 0.25) is 10.0 Å². The largest absolute Gasteiger partial charge is 0.465 e. The van der Waals surface area contributed by atoms with Crippen LogP contribution in [0.3, 0.4) is 0 Å². The Morgan fingerprint density at radius 2 is 1.89 bits per heavy atom. The predicted octanol–water partition coefficient (Wildman–Crippen LogP) is 3.18. The highest BCUT2D eigenvalue weighted by Gasteiger charge is 2.36. The number of ether oxygens (including phenoxy) is 1. The van der Waals surface area contributed by atoms with Gasteiger partial charge >= 0.3 is 5.97 Å². The fourth-order valence-corrected chi connectivity index (χ4v) is 5.50. The van der Waals surface area contributed by atoms with E-state index in [4.69, 9.17) is 27.9 Å². The normalized spacial score (nSPS) is 16.5. The second kappa shape index (κ2) is 10.3. The first-order valence-corrected chi connectivity index (χ1v) is 12.9. The molecule has 3 aromatic rings. The van der Waals surface area contributed by atoms with Gasteiger partial charge in [0.1, 0.15) is 6.04 Å². The van der Waals surface area contributed by atoms with Crippen LogP contribution in [0, 0.1) is 0 Å². The first-order valence-electron chi connectivity index (χ1n) is 10.7. The molecule has 0 fully saturated rings. The number of amides is 1. The Morgan fingerprint density at radius 1 is 1.17 bits per heavy atom. The van der Waals surface area contributed by atoms with Crippen LogP contribution in [0.25, 0.3) is 0 Å². The lowest BCUT2D eigenvalue weighted by Gasteiger charge is -2.31. The Kier molecular flexibility index (Phi) is 7.34. The zero-order valence-corrected chi connectivity index (χ0v) is 21.5. The van der Waals surface area contributed by atoms with Crippen LogP contribution in [-0.4, -0.2) is 52.7 Å². The second-order valence-electron chi connectivity index (χ2n) is 7.93. The third kappa shape index (κ3) is 5.08. The van der Waals surface area contributed by atoms with Crippen molar-refractivity contribution in [1.29, 1.82) is 0 Å². The van der Waals surface area contributed by atoms with Crippen molar-refractivity contribution < 1.29 is 22.7 Å². The number of sulfonamides is 1. The summed E-state index contributed by atoms with van der Waals surface area (Å²) in [5.74, 6) is -0.945. The number of halogens is 2. The third-order valence-electron chi connectivity index (χ3n) is 5.69. The minimum absolute atomic E-state index is 0.0231. The number of methoxy groups -OCH3 is 1. The lowest BCUT2D eigenvalue weighted by Crippen LogP contribution is -2.50. The Hall–Kier alpha value is -3.41. The molecule has 36 heavy (non-hydrogen) atoms. The number of hydrogen-bond donors (Lipinski definition) is 1. The Morgan fingerprint density at radius 3 is 2.56 bits per heavy atom. The maximum Gasteiger partial charge on any atom is 0.337 e. The zero-order valence-electron chi connectivity index (χ0n) is 19.1. The fourth-order valence-electron chi connectivity index (χ4n) is 3.66. The van der Waals surface area contributed by atoms with Crippen LogP contribution in [0.15, 0.2) is 66.0 Å². The predicted molar refractivity (Wildman–Crippen MR) is 132 cm³/mol. The summed E-state index contributed by atoms with van der Waals surface area (Å²) in [6.45, 7) is 1.89. The van der Waals surface area contributed by atoms with E-state index in [0.29, 0.717) is 11.3 Å². The third-order valence-corrected chi connectivity index (χ3v) is 8.21. The molecule has 0 bridgehead atoms. The molecule has 2 heterocycles. The maximum absolute atomic E-state index is 13.3. The number of nitrogens with one attached hydrogen (secondary N) is 1. The van der Waals surface area contributed by atoms with Crippen LogP contribution in [-0.2, 0) is 26.0 Å². The average molecular weight is 550 g/mol. The molecule has 0 saturated heterocycles. The van der Waals surface area contributed by atoms with Crippen LogP contribution in [0.5, 0.6) is 0 Å². The summed E-state index contributed by atoms with van der Waals surface area (Å²) in [4.78, 5) is 24.2. The highest BCUT2D eigenvalue weighted by molar-refractivity contribution is 7.89. The SMILES string of the molecule is COC(=O)c1ccc([C@@H](C)n2cc(CC3C(=O)NC=CN3S(=O)(=O)c3ccc(Cl)c(Cl)c3)nn2)cc1. The van der Waals surface area contributed by atoms with E-state index in [2.05, 4.69) is 15.6 Å². The van der Waals surface area contributed by atoms with Gasteiger partial charge in [0.2, 0.25) is 5.91 Å². The molecule has 2 aromatic carbocycles. The van der Waals surface area contributed by atoms with E-state index in [1.54, 1.807) is 35.1 Å². The summed E-state index contributed by atoms with van der Waals surface area (Å²) in [6, 6.07) is 9.46. The van der Waals surface area contributed by atoms with E-state index >= 15 is 0 Å². The Labute approximate surface area is 217 Å². The first-order chi connectivity index (χ1) is 17.1. The summed E-state index contributed by atoms with van der Waals surface area (Å²) in [6.07, 6.45) is 4.16. The Bertz CT molecular complexity index is 1440. The minimum atomic E-state index is -4.12. The molecule has 1 amide bonds. The van der Waals surface area contributed by atoms with Crippen molar-refractivity contribution in [3.63, 3.8) is 0 Å². The van der Waals surface area contributed by atoms with Gasteiger partial charge in [0.15, 0.2) is 0 Å². The number of hydrogen-bond acceptors (Lipinski definition) is 7. The molecule has 0 spiro atoms. The van der Waals surface area contributed by atoms with E-state index in [-0.39, 0.29) is 27.4 Å². The molecule has 1 aliphatic rings. The number of nitrogens with zero attached hydrogens (tertiary/aromatic N) is 4. The molecule has 2 atom stereocenters. The van der Waals surface area contributed by atoms with Crippen LogP contribution >= 0.6 is 23.2 Å². The molecule has 10 nitrogen and oxygen atoms in total. The van der Waals surface area contributed by atoms with Crippen molar-refractivity contribution in [2.45, 2.75) is 30.3 Å². The van der Waals surface area contributed by atoms with Gasteiger partial charge in [-0.15, -0.1) is 5.10 Å². The molecular formula is C23H21Cl2N5O5S. The van der Waals surface area contributed by atoms with Gasteiger partial charge in [-0.05, 0) is 42.8 Å². The maximum atomic E-state index is 13.3. The molecule has 1 N–H and O–H groups in total. The number of esters is 1. The summed E-state index contributed by atoms with van der Waals surface area (Å²) in [7, 11) is -2.80. The molecule has 1 unspecified atom stereocenters. The van der Waals surface area contributed by atoms with Gasteiger partial charge in [0.05, 0.1) is 39.3 Å². The minimum Gasteiger partial charge on any atom is -0.465 e. The van der Waals surface area contributed by atoms with Crippen molar-refractivity contribution in [2.24, 2.45) is 0 Å². The smallest absolute Gasteiger partial charge is 0.337 e. The van der Waals surface area contributed by atoms with Crippen molar-refractivity contribution in [3.8, 4) is 0 Å². The highest BCUT2D eigenvalue weighted by Crippen LogP contribution is 2.29. The Balaban J connectivity index is 1.56. The molecule has 188 valence electrons. The van der Waals surface area contributed by atoms with Crippen molar-refractivity contribution >= 4 is 45.1 Å². The van der Waals surface area contributed by atoms with E-state index < -0.39 is 27.9 Å². The van der Waals surface area contributed by atoms with Crippen LogP contribution < -0.4 is 5.32 Å². The van der Waals surface area contributed by atoms with E-state index in [1.807, 2.05) is 6.92 Å². The lowest BCUT2D eigenvalue weighted by molar-refractivity contribution is -0.124. The van der Waals surface area contributed by atoms with Gasteiger partial charge in [-0.1, -0.05) is 40.5 Å². The molecule has 13 heteroatoms. The number of aromatic nitrogens is 3. The second-order valence-corrected chi connectivity index (χ2v) is 10.6. The van der Waals surface area contributed by atoms with Gasteiger partial charge in [-0.25, -0.2) is 17.9 Å². The molecular weight excluding hydrogens is 529 g/mol. The van der Waals surface area contributed by atoms with E-state index in [9.17, 15) is 18.0 Å². The standard InChI is InChI=1S/C23H21Cl2N5O5S/c1-14(15-3-5-16(6-4-15)23(32)35-2)29-13-17(27-28-29)11-21-22(31)26-9-10-30(21)36(33,34)18-7-8-19(24)20(25)12-18/h3-10,12-14,21H,11H2,1-2H3,(H,26,31)/t14-,21?/m1/s1. The van der Waals surface area contributed by atoms with Crippen LogP contribution in [0.4, 0.5) is 0 Å². The summed E-state index contributed by atoms with van der Waals surface area (Å²) in [5, 5.41) is 11.1. The highest BCUT2D eigenvalue weighted by atomic mass is 35.5. The van der Waals surface area contributed by atoms with Crippen LogP contribution in [0.1, 0.15) is 34.6 Å². The number of carbonyl (C=O) groups excluding carboxylic acids is 2. The molecule has 1 aliphatic heterocycles. The summed E-state index contributed by atoms with van der Waals surface area (Å²) < 4.78 is 33.9. The van der Waals surface area contributed by atoms with E-state index in [0.717, 1.165) is 9.87 Å². The van der Waals surface area contributed by atoms with Crippen molar-refractivity contribution in [3.05, 3.63) is 87.9 Å². The average Bonchev–Trinajstić information content (AvgIpc) is 3.34. The zero-order chi connectivity index (χ0) is 26.0. The quantitative estimate of drug-likeness (QED) is 0.449. The monoisotopic (exact) mass is 549 g/mol. The van der Waals surface area contributed by atoms with E-state index in [1.165, 1.54) is 37.7 Å². The first kappa shape index (κ1) is 25.7. The molecule has 0 saturated carbocycles. The summed E-state index contributed by atoms with van der Waals surface area (Å²) >= 11 is 11.9. The lowest BCUT2D eigenvalue weighted by atomic mass is 10.1. The molecule has 4 rings (SSSR count). The molecule has 1 aromatic heterocycles. The number of rotatable bonds is 7. The van der Waals surface area contributed by atoms with Gasteiger partial charge in [-0.3, -0.25) is 9.10 Å². The summed E-state index contributed by atoms with van der Waals surface area (Å²) in [5.41, 5.74) is 1.70. The molecule has 0 radical (unpaired) electrons. The molecule has 0 aliphatic carbocycles. The van der Waals surface area contributed by atoms with Gasteiger partial charge in [0, 0.05) is 25.0 Å². The van der Waals surface area contributed by atoms with Gasteiger partial charge in [-0.2, -0.15) is 0 Å². The number of carbonyl (C=O) groups is 2.